The Morgan fingerprint density at radius 1 is 1.27 bits per heavy atom. The zero-order valence-corrected chi connectivity index (χ0v) is 14.5. The third-order valence-electron chi connectivity index (χ3n) is 4.27. The molecule has 0 saturated heterocycles. The highest BCUT2D eigenvalue weighted by Gasteiger charge is 2.50. The standard InChI is InChI=1S/C18H20N4O4/c1-24-10-18(11-25-2)16(23)15(22-17-20-6-3-7-21-17)13-8-12(9-19)4-5-14(13)26-18/h3-8,15-16,23H,10-11H2,1-2H3,(H,20,21,22)/t15-,16+/m1/s1. The predicted octanol–water partition coefficient (Wildman–Crippen LogP) is 1.29. The molecule has 1 aliphatic rings. The molecule has 0 unspecified atom stereocenters. The van der Waals surface area contributed by atoms with E-state index in [1.807, 2.05) is 0 Å². The zero-order chi connectivity index (χ0) is 18.6. The fourth-order valence-electron chi connectivity index (χ4n) is 3.14. The van der Waals surface area contributed by atoms with Crippen LogP contribution in [0.25, 0.3) is 0 Å². The highest BCUT2D eigenvalue weighted by Crippen LogP contribution is 2.42. The van der Waals surface area contributed by atoms with Crippen molar-refractivity contribution in [3.8, 4) is 11.8 Å². The quantitative estimate of drug-likeness (QED) is 0.797. The fraction of sp³-hybridized carbons (Fsp3) is 0.389. The first kappa shape index (κ1) is 18.1. The Hall–Kier alpha value is -2.73. The normalized spacial score (nSPS) is 20.5. The Kier molecular flexibility index (Phi) is 5.32. The molecule has 1 aromatic carbocycles. The van der Waals surface area contributed by atoms with Crippen LogP contribution in [0.5, 0.6) is 5.75 Å². The van der Waals surface area contributed by atoms with Gasteiger partial charge in [-0.25, -0.2) is 9.97 Å². The van der Waals surface area contributed by atoms with Crippen molar-refractivity contribution in [1.29, 1.82) is 5.26 Å². The molecule has 26 heavy (non-hydrogen) atoms. The summed E-state index contributed by atoms with van der Waals surface area (Å²) in [5, 5.41) is 23.5. The van der Waals surface area contributed by atoms with Crippen molar-refractivity contribution in [2.24, 2.45) is 0 Å². The van der Waals surface area contributed by atoms with Gasteiger partial charge in [0.25, 0.3) is 0 Å². The first-order valence-corrected chi connectivity index (χ1v) is 8.06. The summed E-state index contributed by atoms with van der Waals surface area (Å²) in [6.45, 7) is 0.241. The maximum absolute atomic E-state index is 11.1. The van der Waals surface area contributed by atoms with Gasteiger partial charge in [-0.05, 0) is 24.3 Å². The number of hydrogen-bond acceptors (Lipinski definition) is 8. The van der Waals surface area contributed by atoms with E-state index in [2.05, 4.69) is 21.4 Å². The second-order valence-corrected chi connectivity index (χ2v) is 6.04. The molecular weight excluding hydrogens is 336 g/mol. The highest BCUT2D eigenvalue weighted by atomic mass is 16.6. The smallest absolute Gasteiger partial charge is 0.223 e. The molecule has 0 aliphatic carbocycles. The molecule has 3 rings (SSSR count). The number of ether oxygens (including phenoxy) is 3. The van der Waals surface area contributed by atoms with Crippen LogP contribution >= 0.6 is 0 Å². The number of hydrogen-bond donors (Lipinski definition) is 2. The number of nitrogens with one attached hydrogen (secondary N) is 1. The Morgan fingerprint density at radius 3 is 2.58 bits per heavy atom. The largest absolute Gasteiger partial charge is 0.479 e. The van der Waals surface area contributed by atoms with Crippen LogP contribution in [-0.2, 0) is 9.47 Å². The summed E-state index contributed by atoms with van der Waals surface area (Å²) in [6, 6.07) is 8.25. The van der Waals surface area contributed by atoms with Gasteiger partial charge in [-0.15, -0.1) is 0 Å². The van der Waals surface area contributed by atoms with Crippen molar-refractivity contribution >= 4 is 5.95 Å². The summed E-state index contributed by atoms with van der Waals surface area (Å²) >= 11 is 0. The molecule has 8 heteroatoms. The van der Waals surface area contributed by atoms with Gasteiger partial charge >= 0.3 is 0 Å². The number of methoxy groups -OCH3 is 2. The van der Waals surface area contributed by atoms with E-state index in [-0.39, 0.29) is 13.2 Å². The van der Waals surface area contributed by atoms with Gasteiger partial charge in [0.15, 0.2) is 5.60 Å². The molecular formula is C18H20N4O4. The number of fused-ring (bicyclic) bond motifs is 1. The van der Waals surface area contributed by atoms with E-state index in [9.17, 15) is 10.4 Å². The van der Waals surface area contributed by atoms with Crippen molar-refractivity contribution in [1.82, 2.24) is 9.97 Å². The van der Waals surface area contributed by atoms with Crippen LogP contribution in [0.4, 0.5) is 5.95 Å². The van der Waals surface area contributed by atoms with Gasteiger partial charge in [0.1, 0.15) is 11.9 Å². The molecule has 2 atom stereocenters. The number of rotatable bonds is 6. The van der Waals surface area contributed by atoms with Gasteiger partial charge in [-0.2, -0.15) is 5.26 Å². The van der Waals surface area contributed by atoms with Crippen molar-refractivity contribution in [2.75, 3.05) is 32.8 Å². The zero-order valence-electron chi connectivity index (χ0n) is 14.5. The molecule has 0 amide bonds. The lowest BCUT2D eigenvalue weighted by atomic mass is 9.84. The number of nitrogens with zero attached hydrogens (tertiary/aromatic N) is 3. The van der Waals surface area contributed by atoms with Crippen LogP contribution in [-0.4, -0.2) is 54.2 Å². The average molecular weight is 356 g/mol. The molecule has 136 valence electrons. The molecule has 2 N–H and O–H groups in total. The van der Waals surface area contributed by atoms with Crippen molar-refractivity contribution in [2.45, 2.75) is 17.7 Å². The van der Waals surface area contributed by atoms with Gasteiger partial charge in [0, 0.05) is 32.2 Å². The number of benzene rings is 1. The first-order chi connectivity index (χ1) is 12.6. The number of anilines is 1. The summed E-state index contributed by atoms with van der Waals surface area (Å²) in [5.74, 6) is 0.896. The van der Waals surface area contributed by atoms with E-state index >= 15 is 0 Å². The topological polar surface area (TPSA) is 110 Å². The number of nitriles is 1. The third kappa shape index (κ3) is 3.32. The summed E-state index contributed by atoms with van der Waals surface area (Å²) in [6.07, 6.45) is 2.17. The predicted molar refractivity (Wildman–Crippen MR) is 92.7 cm³/mol. The summed E-state index contributed by atoms with van der Waals surface area (Å²) < 4.78 is 16.7. The lowest BCUT2D eigenvalue weighted by Crippen LogP contribution is -2.60. The van der Waals surface area contributed by atoms with Gasteiger partial charge in [-0.3, -0.25) is 0 Å². The number of aliphatic hydroxyl groups is 1. The molecule has 1 aromatic heterocycles. The third-order valence-corrected chi connectivity index (χ3v) is 4.27. The summed E-state index contributed by atoms with van der Waals surface area (Å²) in [4.78, 5) is 8.32. The van der Waals surface area contributed by atoms with E-state index in [4.69, 9.17) is 14.2 Å². The molecule has 0 bridgehead atoms. The lowest BCUT2D eigenvalue weighted by Gasteiger charge is -2.45. The maximum atomic E-state index is 11.1. The maximum Gasteiger partial charge on any atom is 0.223 e. The molecule has 2 heterocycles. The molecule has 0 saturated carbocycles. The van der Waals surface area contributed by atoms with Gasteiger partial charge in [-0.1, -0.05) is 0 Å². The second-order valence-electron chi connectivity index (χ2n) is 6.04. The van der Waals surface area contributed by atoms with Gasteiger partial charge in [0.05, 0.1) is 30.9 Å². The van der Waals surface area contributed by atoms with E-state index in [0.29, 0.717) is 22.8 Å². The lowest BCUT2D eigenvalue weighted by molar-refractivity contribution is -0.142. The Labute approximate surface area is 151 Å². The first-order valence-electron chi connectivity index (χ1n) is 8.06. The second kappa shape index (κ2) is 7.66. The van der Waals surface area contributed by atoms with Crippen LogP contribution in [0.1, 0.15) is 17.2 Å². The highest BCUT2D eigenvalue weighted by molar-refractivity contribution is 5.49. The van der Waals surface area contributed by atoms with Crippen molar-refractivity contribution in [3.05, 3.63) is 47.8 Å². The molecule has 0 spiro atoms. The Morgan fingerprint density at radius 2 is 1.96 bits per heavy atom. The molecule has 0 radical (unpaired) electrons. The average Bonchev–Trinajstić information content (AvgIpc) is 2.66. The minimum absolute atomic E-state index is 0.120. The Bertz CT molecular complexity index is 788. The van der Waals surface area contributed by atoms with Gasteiger partial charge in [0.2, 0.25) is 5.95 Å². The summed E-state index contributed by atoms with van der Waals surface area (Å²) in [7, 11) is 3.06. The van der Waals surface area contributed by atoms with Crippen LogP contribution in [0.3, 0.4) is 0 Å². The minimum Gasteiger partial charge on any atom is -0.479 e. The van der Waals surface area contributed by atoms with Crippen LogP contribution < -0.4 is 10.1 Å². The van der Waals surface area contributed by atoms with E-state index in [0.717, 1.165) is 0 Å². The minimum atomic E-state index is -1.11. The Balaban J connectivity index is 2.07. The van der Waals surface area contributed by atoms with E-state index in [1.165, 1.54) is 14.2 Å². The molecule has 0 fully saturated rings. The number of aromatic nitrogens is 2. The monoisotopic (exact) mass is 356 g/mol. The van der Waals surface area contributed by atoms with Crippen molar-refractivity contribution in [3.63, 3.8) is 0 Å². The van der Waals surface area contributed by atoms with Crippen LogP contribution in [0.15, 0.2) is 36.7 Å². The molecule has 2 aromatic rings. The molecule has 1 aliphatic heterocycles. The van der Waals surface area contributed by atoms with Crippen LogP contribution in [0, 0.1) is 11.3 Å². The molecule has 8 nitrogen and oxygen atoms in total. The SMILES string of the molecule is COCC1(COC)Oc2ccc(C#N)cc2[C@@H](Nc2ncccn2)[C@@H]1O. The van der Waals surface area contributed by atoms with Crippen molar-refractivity contribution < 1.29 is 19.3 Å². The van der Waals surface area contributed by atoms with Gasteiger partial charge < -0.3 is 24.6 Å². The van der Waals surface area contributed by atoms with Crippen LogP contribution in [0.2, 0.25) is 0 Å². The number of aliphatic hydroxyl groups excluding tert-OH is 1. The van der Waals surface area contributed by atoms with E-state index in [1.54, 1.807) is 36.7 Å². The summed E-state index contributed by atoms with van der Waals surface area (Å²) in [5.41, 5.74) is -0.00459. The van der Waals surface area contributed by atoms with E-state index < -0.39 is 17.7 Å². The fourth-order valence-corrected chi connectivity index (χ4v) is 3.14.